The molecule has 3 heterocycles. The van der Waals surface area contributed by atoms with E-state index in [4.69, 9.17) is 32.7 Å². The van der Waals surface area contributed by atoms with Gasteiger partial charge in [0.1, 0.15) is 15.7 Å². The molecule has 6 rings (SSSR count). The number of ether oxygens (including phenoxy) is 2. The van der Waals surface area contributed by atoms with E-state index in [1.165, 1.54) is 36.4 Å². The molecule has 0 N–H and O–H groups in total. The van der Waals surface area contributed by atoms with E-state index in [2.05, 4.69) is 0 Å². The van der Waals surface area contributed by atoms with Crippen LogP contribution in [-0.2, 0) is 9.47 Å². The highest BCUT2D eigenvalue weighted by atomic mass is 35.5. The fraction of sp³-hybridized carbons (Fsp3) is 0.379. The van der Waals surface area contributed by atoms with Gasteiger partial charge in [0.15, 0.2) is 17.4 Å². The molecule has 43 heavy (non-hydrogen) atoms. The molecule has 0 aliphatic carbocycles. The van der Waals surface area contributed by atoms with Crippen LogP contribution < -0.4 is 9.80 Å². The Bertz CT molecular complexity index is 1500. The van der Waals surface area contributed by atoms with E-state index in [9.17, 15) is 20.2 Å². The smallest absolute Gasteiger partial charge is 0.288 e. The molecule has 3 aromatic carbocycles. The first-order valence-corrected chi connectivity index (χ1v) is 14.5. The first kappa shape index (κ1) is 29.5. The zero-order chi connectivity index (χ0) is 30.5. The first-order valence-electron chi connectivity index (χ1n) is 13.7. The maximum Gasteiger partial charge on any atom is 0.288 e. The Labute approximate surface area is 255 Å². The van der Waals surface area contributed by atoms with Crippen molar-refractivity contribution < 1.29 is 28.1 Å². The lowest BCUT2D eigenvalue weighted by molar-refractivity contribution is -0.384. The highest BCUT2D eigenvalue weighted by molar-refractivity contribution is 6.33. The van der Waals surface area contributed by atoms with Crippen molar-refractivity contribution in [3.05, 3.63) is 102 Å². The van der Waals surface area contributed by atoms with Crippen molar-refractivity contribution in [3.63, 3.8) is 0 Å². The van der Waals surface area contributed by atoms with E-state index in [0.29, 0.717) is 63.1 Å². The summed E-state index contributed by atoms with van der Waals surface area (Å²) in [5.41, 5.74) is 0.478. The Morgan fingerprint density at radius 2 is 1.26 bits per heavy atom. The van der Waals surface area contributed by atoms with Gasteiger partial charge in [-0.3, -0.25) is 20.2 Å². The Morgan fingerprint density at radius 3 is 1.70 bits per heavy atom. The summed E-state index contributed by atoms with van der Waals surface area (Å²) in [7, 11) is 0. The van der Waals surface area contributed by atoms with Gasteiger partial charge in [0, 0.05) is 43.8 Å². The third-order valence-corrected chi connectivity index (χ3v) is 9.08. The van der Waals surface area contributed by atoms with Crippen molar-refractivity contribution in [1.29, 1.82) is 0 Å². The van der Waals surface area contributed by atoms with Crippen LogP contribution in [0.2, 0.25) is 10.0 Å². The van der Waals surface area contributed by atoms with Crippen LogP contribution in [0.3, 0.4) is 0 Å². The maximum atomic E-state index is 15.8. The van der Waals surface area contributed by atoms with Crippen molar-refractivity contribution in [1.82, 2.24) is 0 Å². The van der Waals surface area contributed by atoms with Gasteiger partial charge < -0.3 is 19.3 Å². The molecule has 10 nitrogen and oxygen atoms in total. The van der Waals surface area contributed by atoms with Gasteiger partial charge >= 0.3 is 0 Å². The number of halogens is 4. The fourth-order valence-electron chi connectivity index (χ4n) is 6.44. The average molecular weight is 635 g/mol. The number of hydrogen-bond donors (Lipinski definition) is 0. The molecule has 226 valence electrons. The summed E-state index contributed by atoms with van der Waals surface area (Å²) in [5.74, 6) is -2.25. The minimum Gasteiger partial charge on any atom is -0.366 e. The quantitative estimate of drug-likeness (QED) is 0.202. The van der Waals surface area contributed by atoms with Crippen LogP contribution in [0.15, 0.2) is 48.5 Å². The van der Waals surface area contributed by atoms with Crippen molar-refractivity contribution in [2.75, 3.05) is 36.1 Å². The fourth-order valence-corrected chi connectivity index (χ4v) is 6.81. The summed E-state index contributed by atoms with van der Waals surface area (Å²) in [6.45, 7) is 1.66. The number of piperidine rings is 1. The molecule has 2 atom stereocenters. The van der Waals surface area contributed by atoms with Crippen molar-refractivity contribution in [3.8, 4) is 0 Å². The number of hydrogen-bond acceptors (Lipinski definition) is 8. The summed E-state index contributed by atoms with van der Waals surface area (Å²) >= 11 is 12.1. The van der Waals surface area contributed by atoms with Crippen LogP contribution in [0.1, 0.15) is 48.9 Å². The highest BCUT2D eigenvalue weighted by Crippen LogP contribution is 2.49. The Balaban J connectivity index is 1.39. The molecule has 0 aromatic heterocycles. The third kappa shape index (κ3) is 5.48. The molecule has 14 heteroatoms. The molecule has 3 aromatic rings. The first-order chi connectivity index (χ1) is 20.6. The summed E-state index contributed by atoms with van der Waals surface area (Å²) in [6.07, 6.45) is 1.82. The molecule has 0 radical (unpaired) electrons. The standard InChI is InChI=1S/C29H26Cl2F2N4O6/c30-20-3-1-17(13-26(20)36(38)39)24-5-6-25(18-2-4-21(31)27(14-18)37(40)41)35(24)19-15-22(32)28(23(33)16-19)34-9-7-29(8-10-34)42-11-12-43-29/h1-4,13-16,24-25H,5-12H2. The topological polar surface area (TPSA) is 111 Å². The maximum absolute atomic E-state index is 15.8. The predicted molar refractivity (Wildman–Crippen MR) is 156 cm³/mol. The molecule has 0 saturated carbocycles. The van der Waals surface area contributed by atoms with Gasteiger partial charge in [0.05, 0.1) is 35.1 Å². The lowest BCUT2D eigenvalue weighted by Crippen LogP contribution is -2.45. The Kier molecular flexibility index (Phi) is 7.88. The van der Waals surface area contributed by atoms with E-state index in [0.717, 1.165) is 0 Å². The van der Waals surface area contributed by atoms with E-state index in [1.54, 1.807) is 21.9 Å². The van der Waals surface area contributed by atoms with Crippen LogP contribution in [0.25, 0.3) is 0 Å². The van der Waals surface area contributed by atoms with Crippen LogP contribution >= 0.6 is 23.2 Å². The zero-order valence-electron chi connectivity index (χ0n) is 22.7. The summed E-state index contributed by atoms with van der Waals surface area (Å²) < 4.78 is 43.2. The molecule has 3 aliphatic heterocycles. The van der Waals surface area contributed by atoms with Gasteiger partial charge in [-0.2, -0.15) is 0 Å². The number of nitrogens with zero attached hydrogens (tertiary/aromatic N) is 4. The molecule has 1 spiro atoms. The van der Waals surface area contributed by atoms with Gasteiger partial charge in [0.2, 0.25) is 0 Å². The minimum atomic E-state index is -0.771. The van der Waals surface area contributed by atoms with E-state index >= 15 is 8.78 Å². The second-order valence-corrected chi connectivity index (χ2v) is 11.6. The lowest BCUT2D eigenvalue weighted by atomic mass is 10.0. The molecule has 3 aliphatic rings. The molecular weight excluding hydrogens is 609 g/mol. The van der Waals surface area contributed by atoms with Gasteiger partial charge in [0.25, 0.3) is 11.4 Å². The minimum absolute atomic E-state index is 0.0404. The third-order valence-electron chi connectivity index (χ3n) is 8.44. The van der Waals surface area contributed by atoms with E-state index in [-0.39, 0.29) is 32.8 Å². The summed E-state index contributed by atoms with van der Waals surface area (Å²) in [4.78, 5) is 25.5. The number of nitro groups is 2. The molecule has 3 fully saturated rings. The molecule has 0 bridgehead atoms. The number of anilines is 2. The SMILES string of the molecule is O=[N+]([O-])c1cc(C2CCC(c3ccc(Cl)c([N+](=O)[O-])c3)N2c2cc(F)c(N3CCC4(CC3)OCCO4)c(F)c2)ccc1Cl. The van der Waals surface area contributed by atoms with Gasteiger partial charge in [-0.15, -0.1) is 0 Å². The molecule has 2 unspecified atom stereocenters. The second kappa shape index (κ2) is 11.5. The lowest BCUT2D eigenvalue weighted by Gasteiger charge is -2.39. The Morgan fingerprint density at radius 1 is 0.791 bits per heavy atom. The summed E-state index contributed by atoms with van der Waals surface area (Å²) in [5, 5.41) is 23.2. The van der Waals surface area contributed by atoms with Crippen LogP contribution in [0.5, 0.6) is 0 Å². The van der Waals surface area contributed by atoms with Crippen LogP contribution in [-0.4, -0.2) is 41.9 Å². The van der Waals surface area contributed by atoms with Crippen LogP contribution in [0, 0.1) is 31.9 Å². The largest absolute Gasteiger partial charge is 0.366 e. The van der Waals surface area contributed by atoms with Gasteiger partial charge in [-0.25, -0.2) is 8.78 Å². The monoisotopic (exact) mass is 634 g/mol. The zero-order valence-corrected chi connectivity index (χ0v) is 24.2. The molecule has 0 amide bonds. The molecule has 3 saturated heterocycles. The van der Waals surface area contributed by atoms with Crippen molar-refractivity contribution in [2.45, 2.75) is 43.6 Å². The second-order valence-electron chi connectivity index (χ2n) is 10.8. The number of nitro benzene ring substituents is 2. The van der Waals surface area contributed by atoms with Crippen LogP contribution in [0.4, 0.5) is 31.5 Å². The van der Waals surface area contributed by atoms with Crippen molar-refractivity contribution in [2.24, 2.45) is 0 Å². The predicted octanol–water partition coefficient (Wildman–Crippen LogP) is 7.51. The van der Waals surface area contributed by atoms with Gasteiger partial charge in [-0.1, -0.05) is 35.3 Å². The molecular formula is C29H26Cl2F2N4O6. The van der Waals surface area contributed by atoms with Crippen molar-refractivity contribution >= 4 is 46.0 Å². The Hall–Kier alpha value is -3.58. The average Bonchev–Trinajstić information content (AvgIpc) is 3.62. The normalized spacial score (nSPS) is 21.5. The van der Waals surface area contributed by atoms with Gasteiger partial charge in [-0.05, 0) is 48.2 Å². The highest BCUT2D eigenvalue weighted by Gasteiger charge is 2.42. The number of rotatable bonds is 6. The van der Waals surface area contributed by atoms with E-state index in [1.807, 2.05) is 0 Å². The number of benzene rings is 3. The summed E-state index contributed by atoms with van der Waals surface area (Å²) in [6, 6.07) is 10.2. The van der Waals surface area contributed by atoms with E-state index < -0.39 is 39.4 Å².